The Kier molecular flexibility index (Phi) is 5.54. The maximum Gasteiger partial charge on any atom is 0.329 e. The molecular weight excluding hydrogens is 428 g/mol. The highest BCUT2D eigenvalue weighted by atomic mass is 32.2. The summed E-state index contributed by atoms with van der Waals surface area (Å²) in [4.78, 5) is 38.7. The molecule has 1 aliphatic heterocycles. The maximum atomic E-state index is 12.7. The number of H-pyrrole nitrogens is 1. The molecule has 0 unspecified atom stereocenters. The van der Waals surface area contributed by atoms with Crippen molar-refractivity contribution in [2.24, 2.45) is 13.0 Å². The number of hydrogen-bond acceptors (Lipinski definition) is 7. The van der Waals surface area contributed by atoms with Crippen molar-refractivity contribution in [2.45, 2.75) is 38.0 Å². The number of aromatic amines is 1. The summed E-state index contributed by atoms with van der Waals surface area (Å²) in [6.45, 7) is 4.65. The minimum Gasteiger partial charge on any atom is -0.431 e. The number of fused-ring (bicyclic) bond motifs is 2. The number of hydrogen-bond donors (Lipinski definition) is 1. The number of rotatable bonds is 6. The van der Waals surface area contributed by atoms with Crippen LogP contribution in [0.2, 0.25) is 0 Å². The second-order valence-corrected chi connectivity index (χ2v) is 9.44. The Balaban J connectivity index is 1.41. The Morgan fingerprint density at radius 2 is 2.09 bits per heavy atom. The number of aromatic nitrogens is 5. The van der Waals surface area contributed by atoms with Gasteiger partial charge in [-0.3, -0.25) is 14.3 Å². The Bertz CT molecular complexity index is 1350. The maximum absolute atomic E-state index is 12.7. The fourth-order valence-corrected chi connectivity index (χ4v) is 5.10. The highest BCUT2D eigenvalue weighted by molar-refractivity contribution is 7.99. The van der Waals surface area contributed by atoms with Crippen LogP contribution in [0.3, 0.4) is 0 Å². The minimum absolute atomic E-state index is 0.390. The van der Waals surface area contributed by atoms with Crippen molar-refractivity contribution >= 4 is 40.0 Å². The van der Waals surface area contributed by atoms with Crippen LogP contribution in [0.4, 0.5) is 5.95 Å². The zero-order valence-electron chi connectivity index (χ0n) is 18.2. The molecule has 1 fully saturated rings. The van der Waals surface area contributed by atoms with Gasteiger partial charge in [0, 0.05) is 32.4 Å². The molecule has 1 aromatic carbocycles. The van der Waals surface area contributed by atoms with Crippen molar-refractivity contribution in [2.75, 3.05) is 23.7 Å². The van der Waals surface area contributed by atoms with Gasteiger partial charge in [0.15, 0.2) is 16.7 Å². The van der Waals surface area contributed by atoms with E-state index >= 15 is 0 Å². The topological polar surface area (TPSA) is 102 Å². The molecule has 10 heteroatoms. The van der Waals surface area contributed by atoms with E-state index in [1.165, 1.54) is 11.0 Å². The van der Waals surface area contributed by atoms with Gasteiger partial charge in [-0.25, -0.2) is 9.78 Å². The molecular formula is C22H26N6O3S. The molecule has 1 atom stereocenters. The molecule has 0 aliphatic carbocycles. The normalized spacial score (nSPS) is 16.9. The van der Waals surface area contributed by atoms with E-state index < -0.39 is 11.2 Å². The molecule has 4 aromatic rings. The summed E-state index contributed by atoms with van der Waals surface area (Å²) < 4.78 is 9.17. The van der Waals surface area contributed by atoms with E-state index in [0.717, 1.165) is 48.7 Å². The second-order valence-electron chi connectivity index (χ2n) is 8.40. The molecule has 4 heterocycles. The standard InChI is InChI=1S/C22H26N6O3S/c1-14-7-5-10-27(13-14)20-24-18-17(19(29)25-21(30)26(18)2)28(20)11-6-12-32-22-23-15-8-3-4-9-16(15)31-22/h3-4,8-9,14H,5-7,10-13H2,1-2H3,(H,25,29,30)/t14-/m1/s1. The first-order valence-corrected chi connectivity index (χ1v) is 11.9. The summed E-state index contributed by atoms with van der Waals surface area (Å²) in [5.41, 5.74) is 1.68. The molecule has 168 valence electrons. The lowest BCUT2D eigenvalue weighted by Gasteiger charge is -2.32. The number of anilines is 1. The van der Waals surface area contributed by atoms with Crippen LogP contribution in [0.5, 0.6) is 0 Å². The Morgan fingerprint density at radius 3 is 2.91 bits per heavy atom. The number of thioether (sulfide) groups is 1. The number of nitrogens with zero attached hydrogens (tertiary/aromatic N) is 5. The average molecular weight is 455 g/mol. The fraction of sp³-hybridized carbons (Fsp3) is 0.455. The van der Waals surface area contributed by atoms with E-state index in [2.05, 4.69) is 21.8 Å². The molecule has 3 aromatic heterocycles. The number of aryl methyl sites for hydroxylation is 2. The van der Waals surface area contributed by atoms with Crippen LogP contribution in [-0.2, 0) is 13.6 Å². The van der Waals surface area contributed by atoms with Crippen molar-refractivity contribution in [1.29, 1.82) is 0 Å². The Labute approximate surface area is 188 Å². The third-order valence-electron chi connectivity index (χ3n) is 5.95. The lowest BCUT2D eigenvalue weighted by Crippen LogP contribution is -2.36. The number of piperidine rings is 1. The lowest BCUT2D eigenvalue weighted by molar-refractivity contribution is 0.437. The van der Waals surface area contributed by atoms with Crippen LogP contribution in [0.1, 0.15) is 26.2 Å². The average Bonchev–Trinajstić information content (AvgIpc) is 3.37. The van der Waals surface area contributed by atoms with Gasteiger partial charge in [0.05, 0.1) is 0 Å². The molecule has 5 rings (SSSR count). The lowest BCUT2D eigenvalue weighted by atomic mass is 10.0. The van der Waals surface area contributed by atoms with Crippen LogP contribution in [0.25, 0.3) is 22.3 Å². The van der Waals surface area contributed by atoms with Crippen LogP contribution in [-0.4, -0.2) is 42.9 Å². The number of oxazole rings is 1. The minimum atomic E-state index is -0.447. The third-order valence-corrected chi connectivity index (χ3v) is 6.87. The summed E-state index contributed by atoms with van der Waals surface area (Å²) in [7, 11) is 1.64. The smallest absolute Gasteiger partial charge is 0.329 e. The number of para-hydroxylation sites is 2. The predicted molar refractivity (Wildman–Crippen MR) is 126 cm³/mol. The van der Waals surface area contributed by atoms with Gasteiger partial charge in [-0.05, 0) is 37.3 Å². The predicted octanol–water partition coefficient (Wildman–Crippen LogP) is 2.98. The number of benzene rings is 1. The molecule has 9 nitrogen and oxygen atoms in total. The van der Waals surface area contributed by atoms with Crippen molar-refractivity contribution in [3.63, 3.8) is 0 Å². The molecule has 0 radical (unpaired) electrons. The van der Waals surface area contributed by atoms with Gasteiger partial charge in [0.1, 0.15) is 5.52 Å². The Morgan fingerprint density at radius 1 is 1.25 bits per heavy atom. The van der Waals surface area contributed by atoms with Gasteiger partial charge in [-0.2, -0.15) is 4.98 Å². The van der Waals surface area contributed by atoms with Gasteiger partial charge >= 0.3 is 5.69 Å². The van der Waals surface area contributed by atoms with Gasteiger partial charge in [0.25, 0.3) is 10.8 Å². The zero-order chi connectivity index (χ0) is 22.2. The monoisotopic (exact) mass is 454 g/mol. The molecule has 0 amide bonds. The van der Waals surface area contributed by atoms with Crippen molar-refractivity contribution in [3.8, 4) is 0 Å². The zero-order valence-corrected chi connectivity index (χ0v) is 19.0. The third kappa shape index (κ3) is 3.83. The van der Waals surface area contributed by atoms with E-state index in [-0.39, 0.29) is 0 Å². The second kappa shape index (κ2) is 8.50. The van der Waals surface area contributed by atoms with E-state index in [1.807, 2.05) is 28.8 Å². The largest absolute Gasteiger partial charge is 0.431 e. The molecule has 0 saturated carbocycles. The van der Waals surface area contributed by atoms with Gasteiger partial charge < -0.3 is 13.9 Å². The summed E-state index contributed by atoms with van der Waals surface area (Å²) >= 11 is 1.56. The van der Waals surface area contributed by atoms with Crippen molar-refractivity contribution < 1.29 is 4.42 Å². The summed E-state index contributed by atoms with van der Waals surface area (Å²) in [6.07, 6.45) is 3.08. The van der Waals surface area contributed by atoms with E-state index in [1.54, 1.807) is 18.8 Å². The first-order valence-electron chi connectivity index (χ1n) is 10.9. The number of imidazole rings is 1. The van der Waals surface area contributed by atoms with Gasteiger partial charge in [0.2, 0.25) is 5.95 Å². The van der Waals surface area contributed by atoms with Crippen LogP contribution in [0.15, 0.2) is 43.5 Å². The van der Waals surface area contributed by atoms with Gasteiger partial charge in [-0.1, -0.05) is 30.8 Å². The molecule has 0 spiro atoms. The quantitative estimate of drug-likeness (QED) is 0.353. The van der Waals surface area contributed by atoms with E-state index in [9.17, 15) is 9.59 Å². The summed E-state index contributed by atoms with van der Waals surface area (Å²) in [5, 5.41) is 0.645. The van der Waals surface area contributed by atoms with Crippen LogP contribution >= 0.6 is 11.8 Å². The molecule has 1 N–H and O–H groups in total. The van der Waals surface area contributed by atoms with Gasteiger partial charge in [-0.15, -0.1) is 0 Å². The Hall–Kier alpha value is -3.01. The summed E-state index contributed by atoms with van der Waals surface area (Å²) in [6, 6.07) is 7.71. The van der Waals surface area contributed by atoms with Crippen LogP contribution in [0, 0.1) is 5.92 Å². The molecule has 1 aliphatic rings. The SMILES string of the molecule is C[C@@H]1CCCN(c2nc3c(c(=O)[nH]c(=O)n3C)n2CCCSc2nc3ccccc3o2)C1. The molecule has 0 bridgehead atoms. The molecule has 32 heavy (non-hydrogen) atoms. The highest BCUT2D eigenvalue weighted by Gasteiger charge is 2.24. The molecule has 1 saturated heterocycles. The van der Waals surface area contributed by atoms with Crippen molar-refractivity contribution in [3.05, 3.63) is 45.1 Å². The first kappa shape index (κ1) is 20.9. The summed E-state index contributed by atoms with van der Waals surface area (Å²) in [5.74, 6) is 2.12. The number of nitrogens with one attached hydrogen (secondary N) is 1. The van der Waals surface area contributed by atoms with Crippen molar-refractivity contribution in [1.82, 2.24) is 24.1 Å². The fourth-order valence-electron chi connectivity index (χ4n) is 4.34. The van der Waals surface area contributed by atoms with E-state index in [0.29, 0.717) is 28.8 Å². The first-order chi connectivity index (χ1) is 15.5. The van der Waals surface area contributed by atoms with E-state index in [4.69, 9.17) is 9.40 Å². The highest BCUT2D eigenvalue weighted by Crippen LogP contribution is 2.27. The van der Waals surface area contributed by atoms with Crippen LogP contribution < -0.4 is 16.1 Å².